The molecule has 0 aromatic heterocycles. The highest BCUT2D eigenvalue weighted by atomic mass is 16.6. The number of carbonyl (C=O) groups is 3. The van der Waals surface area contributed by atoms with E-state index in [9.17, 15) is 14.4 Å². The third-order valence-electron chi connectivity index (χ3n) is 9.99. The van der Waals surface area contributed by atoms with Gasteiger partial charge >= 0.3 is 17.9 Å². The maximum atomic E-state index is 12.7. The summed E-state index contributed by atoms with van der Waals surface area (Å²) in [4.78, 5) is 37.9. The van der Waals surface area contributed by atoms with Crippen molar-refractivity contribution in [1.82, 2.24) is 0 Å². The van der Waals surface area contributed by atoms with Crippen LogP contribution in [0.2, 0.25) is 0 Å². The van der Waals surface area contributed by atoms with E-state index in [-0.39, 0.29) is 31.1 Å². The average molecular weight is 821 g/mol. The van der Waals surface area contributed by atoms with Crippen LogP contribution >= 0.6 is 0 Å². The summed E-state index contributed by atoms with van der Waals surface area (Å²) in [6.07, 6.45) is 59.9. The zero-order chi connectivity index (χ0) is 43.0. The Labute approximate surface area is 363 Å². The van der Waals surface area contributed by atoms with Gasteiger partial charge in [0.15, 0.2) is 6.10 Å². The number of ether oxygens (including phenoxy) is 3. The van der Waals surface area contributed by atoms with Gasteiger partial charge < -0.3 is 14.2 Å². The molecule has 0 saturated heterocycles. The van der Waals surface area contributed by atoms with Gasteiger partial charge in [0.25, 0.3) is 0 Å². The summed E-state index contributed by atoms with van der Waals surface area (Å²) in [5, 5.41) is 0. The number of allylic oxidation sites excluding steroid dienone is 14. The Morgan fingerprint density at radius 1 is 0.356 bits per heavy atom. The maximum absolute atomic E-state index is 12.7. The van der Waals surface area contributed by atoms with Crippen molar-refractivity contribution < 1.29 is 28.6 Å². The van der Waals surface area contributed by atoms with Gasteiger partial charge in [0.1, 0.15) is 13.2 Å². The van der Waals surface area contributed by atoms with Crippen molar-refractivity contribution in [3.8, 4) is 0 Å². The standard InChI is InChI=1S/C53H88O6/c1-4-7-10-13-16-19-22-25-26-29-31-34-37-40-43-46-52(55)58-49-50(59-53(56)47-44-41-38-35-32-28-24-21-18-15-12-9-6-3)48-57-51(54)45-42-39-36-33-30-27-23-20-17-14-11-8-5-2/h7,9-10,12-13,15-16,18-19,21-22,24,27,30,50H,4-6,8,11,14,17,20,23,25-26,28-29,31-49H2,1-3H3/b10-7+,12-9+,16-13+,18-15+,22-19+,24-21+,30-27+. The van der Waals surface area contributed by atoms with Crippen molar-refractivity contribution >= 4 is 17.9 Å². The molecule has 59 heavy (non-hydrogen) atoms. The Bertz CT molecular complexity index is 1170. The molecular weight excluding hydrogens is 733 g/mol. The molecule has 0 rings (SSSR count). The quantitative estimate of drug-likeness (QED) is 0.0201. The number of carbonyl (C=O) groups excluding carboxylic acids is 3. The first-order valence-corrected chi connectivity index (χ1v) is 24.2. The topological polar surface area (TPSA) is 78.9 Å². The summed E-state index contributed by atoms with van der Waals surface area (Å²) in [5.41, 5.74) is 0. The SMILES string of the molecule is CC/C=C/C=C/C=C/CCCCCCCCCC(=O)OCC(COC(=O)CCCCC/C=C/CCCCCCCC)OC(=O)CCCCCCC/C=C/C=C/C=C/CC. The van der Waals surface area contributed by atoms with Crippen LogP contribution in [0.1, 0.15) is 213 Å². The van der Waals surface area contributed by atoms with E-state index >= 15 is 0 Å². The van der Waals surface area contributed by atoms with Crippen molar-refractivity contribution in [2.45, 2.75) is 219 Å². The molecule has 0 saturated carbocycles. The molecule has 0 fully saturated rings. The van der Waals surface area contributed by atoms with Crippen LogP contribution in [0.4, 0.5) is 0 Å². The summed E-state index contributed by atoms with van der Waals surface area (Å²) in [6.45, 7) is 6.31. The van der Waals surface area contributed by atoms with E-state index in [0.29, 0.717) is 19.3 Å². The number of hydrogen-bond donors (Lipinski definition) is 0. The molecule has 6 heteroatoms. The first kappa shape index (κ1) is 55.6. The molecule has 0 bridgehead atoms. The van der Waals surface area contributed by atoms with Gasteiger partial charge in [-0.3, -0.25) is 14.4 Å². The molecule has 0 aliphatic carbocycles. The van der Waals surface area contributed by atoms with Crippen molar-refractivity contribution in [3.63, 3.8) is 0 Å². The first-order valence-electron chi connectivity index (χ1n) is 24.2. The molecule has 0 heterocycles. The molecule has 1 unspecified atom stereocenters. The highest BCUT2D eigenvalue weighted by Gasteiger charge is 2.19. The van der Waals surface area contributed by atoms with Gasteiger partial charge in [0, 0.05) is 19.3 Å². The Kier molecular flexibility index (Phi) is 44.5. The Morgan fingerprint density at radius 2 is 0.678 bits per heavy atom. The first-order chi connectivity index (χ1) is 29.0. The number of unbranched alkanes of at least 4 members (excludes halogenated alkanes) is 21. The van der Waals surface area contributed by atoms with Crippen molar-refractivity contribution in [1.29, 1.82) is 0 Å². The van der Waals surface area contributed by atoms with Crippen LogP contribution in [0.3, 0.4) is 0 Å². The average Bonchev–Trinajstić information content (AvgIpc) is 3.23. The predicted octanol–water partition coefficient (Wildman–Crippen LogP) is 15.6. The molecule has 0 N–H and O–H groups in total. The van der Waals surface area contributed by atoms with E-state index in [4.69, 9.17) is 14.2 Å². The molecule has 0 amide bonds. The van der Waals surface area contributed by atoms with Crippen LogP contribution in [0.15, 0.2) is 85.1 Å². The summed E-state index contributed by atoms with van der Waals surface area (Å²) >= 11 is 0. The Morgan fingerprint density at radius 3 is 1.08 bits per heavy atom. The molecule has 1 atom stereocenters. The van der Waals surface area contributed by atoms with Gasteiger partial charge in [-0.25, -0.2) is 0 Å². The van der Waals surface area contributed by atoms with Crippen LogP contribution in [0.5, 0.6) is 0 Å². The molecule has 0 aliphatic rings. The minimum absolute atomic E-state index is 0.0970. The number of esters is 3. The lowest BCUT2D eigenvalue weighted by Crippen LogP contribution is -2.30. The van der Waals surface area contributed by atoms with Crippen molar-refractivity contribution in [3.05, 3.63) is 85.1 Å². The fourth-order valence-corrected chi connectivity index (χ4v) is 6.38. The lowest BCUT2D eigenvalue weighted by molar-refractivity contribution is -0.167. The predicted molar refractivity (Wildman–Crippen MR) is 251 cm³/mol. The van der Waals surface area contributed by atoms with Gasteiger partial charge in [-0.2, -0.15) is 0 Å². The molecule has 0 aliphatic heterocycles. The van der Waals surface area contributed by atoms with Gasteiger partial charge in [-0.1, -0.05) is 196 Å². The highest BCUT2D eigenvalue weighted by molar-refractivity contribution is 5.71. The number of rotatable bonds is 42. The second-order valence-corrected chi connectivity index (χ2v) is 15.7. The second kappa shape index (κ2) is 47.3. The maximum Gasteiger partial charge on any atom is 0.306 e. The van der Waals surface area contributed by atoms with Gasteiger partial charge in [0.2, 0.25) is 0 Å². The van der Waals surface area contributed by atoms with Gasteiger partial charge in [-0.15, -0.1) is 0 Å². The molecule has 0 radical (unpaired) electrons. The molecule has 0 spiro atoms. The van der Waals surface area contributed by atoms with Crippen molar-refractivity contribution in [2.24, 2.45) is 0 Å². The highest BCUT2D eigenvalue weighted by Crippen LogP contribution is 2.13. The molecule has 6 nitrogen and oxygen atoms in total. The van der Waals surface area contributed by atoms with Gasteiger partial charge in [-0.05, 0) is 83.5 Å². The summed E-state index contributed by atoms with van der Waals surface area (Å²) in [7, 11) is 0. The van der Waals surface area contributed by atoms with E-state index in [1.807, 2.05) is 0 Å². The Hall–Kier alpha value is -3.41. The van der Waals surface area contributed by atoms with E-state index < -0.39 is 6.10 Å². The van der Waals surface area contributed by atoms with E-state index in [1.54, 1.807) is 0 Å². The van der Waals surface area contributed by atoms with E-state index in [0.717, 1.165) is 109 Å². The fraction of sp³-hybridized carbons (Fsp3) is 0.679. The normalized spacial score (nSPS) is 12.8. The minimum Gasteiger partial charge on any atom is -0.462 e. The summed E-state index contributed by atoms with van der Waals surface area (Å²) in [6, 6.07) is 0. The molecular formula is C53H88O6. The largest absolute Gasteiger partial charge is 0.462 e. The molecule has 336 valence electrons. The lowest BCUT2D eigenvalue weighted by atomic mass is 10.1. The second-order valence-electron chi connectivity index (χ2n) is 15.7. The van der Waals surface area contributed by atoms with Crippen LogP contribution in [0, 0.1) is 0 Å². The zero-order valence-corrected chi connectivity index (χ0v) is 38.2. The van der Waals surface area contributed by atoms with Gasteiger partial charge in [0.05, 0.1) is 0 Å². The van der Waals surface area contributed by atoms with Crippen molar-refractivity contribution in [2.75, 3.05) is 13.2 Å². The molecule has 0 aromatic carbocycles. The minimum atomic E-state index is -0.797. The third kappa shape index (κ3) is 45.5. The number of hydrogen-bond acceptors (Lipinski definition) is 6. The van der Waals surface area contributed by atoms with Crippen LogP contribution in [-0.4, -0.2) is 37.2 Å². The molecule has 0 aromatic rings. The third-order valence-corrected chi connectivity index (χ3v) is 9.99. The van der Waals surface area contributed by atoms with E-state index in [2.05, 4.69) is 106 Å². The summed E-state index contributed by atoms with van der Waals surface area (Å²) in [5.74, 6) is -0.950. The van der Waals surface area contributed by atoms with E-state index in [1.165, 1.54) is 64.2 Å². The Balaban J connectivity index is 4.46. The summed E-state index contributed by atoms with van der Waals surface area (Å²) < 4.78 is 16.7. The van der Waals surface area contributed by atoms with Crippen LogP contribution < -0.4 is 0 Å². The smallest absolute Gasteiger partial charge is 0.306 e. The van der Waals surface area contributed by atoms with Crippen LogP contribution in [-0.2, 0) is 28.6 Å². The fourth-order valence-electron chi connectivity index (χ4n) is 6.38. The van der Waals surface area contributed by atoms with Crippen LogP contribution in [0.25, 0.3) is 0 Å². The lowest BCUT2D eigenvalue weighted by Gasteiger charge is -2.18. The monoisotopic (exact) mass is 821 g/mol. The zero-order valence-electron chi connectivity index (χ0n) is 38.2.